The number of halogens is 3. The first-order valence-corrected chi connectivity index (χ1v) is 7.80. The van der Waals surface area contributed by atoms with E-state index in [-0.39, 0.29) is 30.6 Å². The molecule has 0 bridgehead atoms. The number of hydrogen-bond acceptors (Lipinski definition) is 1. The number of alkyl halides is 2. The Hall–Kier alpha value is -1.03. The first-order chi connectivity index (χ1) is 9.93. The van der Waals surface area contributed by atoms with Gasteiger partial charge in [-0.2, -0.15) is 0 Å². The second-order valence-electron chi connectivity index (χ2n) is 6.15. The van der Waals surface area contributed by atoms with E-state index in [0.29, 0.717) is 18.4 Å². The summed E-state index contributed by atoms with van der Waals surface area (Å²) in [6.07, 6.45) is 1.65. The zero-order valence-corrected chi connectivity index (χ0v) is 12.8. The van der Waals surface area contributed by atoms with E-state index < -0.39 is 5.92 Å². The Balaban J connectivity index is 2.20. The minimum Gasteiger partial charge on any atom is -0.310 e. The second-order valence-corrected chi connectivity index (χ2v) is 6.15. The van der Waals surface area contributed by atoms with Crippen LogP contribution in [0.15, 0.2) is 18.2 Å². The molecule has 0 spiro atoms. The molecule has 0 saturated heterocycles. The zero-order valence-electron chi connectivity index (χ0n) is 12.8. The SMILES string of the molecule is CCCNC(c1cc(C)ccc1F)C1CCC(F)(F)CC1. The molecule has 1 nitrogen and oxygen atoms in total. The van der Waals surface area contributed by atoms with Gasteiger partial charge in [0.05, 0.1) is 0 Å². The van der Waals surface area contributed by atoms with E-state index in [1.807, 2.05) is 19.9 Å². The second kappa shape index (κ2) is 6.82. The van der Waals surface area contributed by atoms with Gasteiger partial charge in [0.15, 0.2) is 0 Å². The van der Waals surface area contributed by atoms with Crippen LogP contribution in [-0.4, -0.2) is 12.5 Å². The molecular formula is C17H24F3N. The molecule has 1 fully saturated rings. The predicted molar refractivity (Wildman–Crippen MR) is 79.1 cm³/mol. The van der Waals surface area contributed by atoms with Crippen LogP contribution in [0.5, 0.6) is 0 Å². The van der Waals surface area contributed by atoms with Gasteiger partial charge in [0.1, 0.15) is 5.82 Å². The maximum atomic E-state index is 14.2. The van der Waals surface area contributed by atoms with Crippen LogP contribution in [0.4, 0.5) is 13.2 Å². The summed E-state index contributed by atoms with van der Waals surface area (Å²) in [5.74, 6) is -2.71. The molecule has 1 aliphatic carbocycles. The predicted octanol–water partition coefficient (Wildman–Crippen LogP) is 5.00. The topological polar surface area (TPSA) is 12.0 Å². The molecule has 1 N–H and O–H groups in total. The number of rotatable bonds is 5. The maximum absolute atomic E-state index is 14.2. The van der Waals surface area contributed by atoms with Gasteiger partial charge in [-0.25, -0.2) is 13.2 Å². The van der Waals surface area contributed by atoms with Crippen molar-refractivity contribution in [2.45, 2.75) is 57.9 Å². The highest BCUT2D eigenvalue weighted by Crippen LogP contribution is 2.41. The molecule has 1 atom stereocenters. The van der Waals surface area contributed by atoms with Crippen LogP contribution in [0, 0.1) is 18.7 Å². The highest BCUT2D eigenvalue weighted by Gasteiger charge is 2.38. The largest absolute Gasteiger partial charge is 0.310 e. The van der Waals surface area contributed by atoms with E-state index in [1.165, 1.54) is 6.07 Å². The standard InChI is InChI=1S/C17H24F3N/c1-3-10-21-16(13-6-8-17(19,20)9-7-13)14-11-12(2)4-5-15(14)18/h4-5,11,13,16,21H,3,6-10H2,1-2H3. The molecule has 0 amide bonds. The Kier molecular flexibility index (Phi) is 5.31. The summed E-state index contributed by atoms with van der Waals surface area (Å²) in [4.78, 5) is 0. The van der Waals surface area contributed by atoms with E-state index in [4.69, 9.17) is 0 Å². The number of benzene rings is 1. The zero-order chi connectivity index (χ0) is 15.5. The molecule has 21 heavy (non-hydrogen) atoms. The molecule has 0 radical (unpaired) electrons. The normalized spacial score (nSPS) is 20.4. The number of aryl methyl sites for hydroxylation is 1. The lowest BCUT2D eigenvalue weighted by molar-refractivity contribution is -0.0498. The van der Waals surface area contributed by atoms with Gasteiger partial charge in [-0.1, -0.05) is 24.6 Å². The summed E-state index contributed by atoms with van der Waals surface area (Å²) >= 11 is 0. The van der Waals surface area contributed by atoms with E-state index in [0.717, 1.165) is 18.5 Å². The minimum absolute atomic E-state index is 0.0764. The van der Waals surface area contributed by atoms with E-state index >= 15 is 0 Å². The van der Waals surface area contributed by atoms with Crippen LogP contribution >= 0.6 is 0 Å². The highest BCUT2D eigenvalue weighted by atomic mass is 19.3. The van der Waals surface area contributed by atoms with Gasteiger partial charge in [-0.3, -0.25) is 0 Å². The summed E-state index contributed by atoms with van der Waals surface area (Å²) in [6.45, 7) is 4.74. The third-order valence-electron chi connectivity index (χ3n) is 4.33. The Morgan fingerprint density at radius 3 is 2.57 bits per heavy atom. The monoisotopic (exact) mass is 299 g/mol. The molecule has 2 rings (SSSR count). The molecule has 0 aliphatic heterocycles. The molecule has 1 aliphatic rings. The Bertz CT molecular complexity index is 463. The smallest absolute Gasteiger partial charge is 0.248 e. The molecule has 0 aromatic heterocycles. The first kappa shape index (κ1) is 16.3. The molecule has 1 saturated carbocycles. The summed E-state index contributed by atoms with van der Waals surface area (Å²) in [7, 11) is 0. The number of hydrogen-bond donors (Lipinski definition) is 1. The Labute approximate surface area is 124 Å². The summed E-state index contributed by atoms with van der Waals surface area (Å²) in [6, 6.07) is 4.89. The van der Waals surface area contributed by atoms with Crippen LogP contribution in [0.25, 0.3) is 0 Å². The highest BCUT2D eigenvalue weighted by molar-refractivity contribution is 5.27. The van der Waals surface area contributed by atoms with Crippen molar-refractivity contribution in [1.29, 1.82) is 0 Å². The van der Waals surface area contributed by atoms with Crippen molar-refractivity contribution in [3.05, 3.63) is 35.1 Å². The molecule has 1 aromatic carbocycles. The fraction of sp³-hybridized carbons (Fsp3) is 0.647. The van der Waals surface area contributed by atoms with Crippen molar-refractivity contribution in [3.8, 4) is 0 Å². The lowest BCUT2D eigenvalue weighted by Gasteiger charge is -2.35. The first-order valence-electron chi connectivity index (χ1n) is 7.80. The lowest BCUT2D eigenvalue weighted by atomic mass is 9.79. The van der Waals surface area contributed by atoms with Crippen LogP contribution < -0.4 is 5.32 Å². The van der Waals surface area contributed by atoms with Crippen molar-refractivity contribution < 1.29 is 13.2 Å². The lowest BCUT2D eigenvalue weighted by Crippen LogP contribution is -2.35. The third kappa shape index (κ3) is 4.22. The van der Waals surface area contributed by atoms with Gasteiger partial charge >= 0.3 is 0 Å². The van der Waals surface area contributed by atoms with Crippen LogP contribution in [0.2, 0.25) is 0 Å². The molecular weight excluding hydrogens is 275 g/mol. The Morgan fingerprint density at radius 2 is 1.95 bits per heavy atom. The van der Waals surface area contributed by atoms with E-state index in [9.17, 15) is 13.2 Å². The van der Waals surface area contributed by atoms with Gasteiger partial charge in [-0.15, -0.1) is 0 Å². The summed E-state index contributed by atoms with van der Waals surface area (Å²) in [5, 5.41) is 3.37. The quantitative estimate of drug-likeness (QED) is 0.806. The van der Waals surface area contributed by atoms with Gasteiger partial charge < -0.3 is 5.32 Å². The molecule has 118 valence electrons. The van der Waals surface area contributed by atoms with Gasteiger partial charge in [0.25, 0.3) is 0 Å². The molecule has 0 heterocycles. The fourth-order valence-corrected chi connectivity index (χ4v) is 3.13. The van der Waals surface area contributed by atoms with Crippen molar-refractivity contribution in [2.24, 2.45) is 5.92 Å². The average Bonchev–Trinajstić information content (AvgIpc) is 2.44. The molecule has 1 unspecified atom stereocenters. The number of nitrogens with one attached hydrogen (secondary N) is 1. The van der Waals surface area contributed by atoms with Crippen LogP contribution in [-0.2, 0) is 0 Å². The third-order valence-corrected chi connectivity index (χ3v) is 4.33. The van der Waals surface area contributed by atoms with Crippen molar-refractivity contribution in [1.82, 2.24) is 5.32 Å². The van der Waals surface area contributed by atoms with E-state index in [1.54, 1.807) is 6.07 Å². The minimum atomic E-state index is -2.54. The van der Waals surface area contributed by atoms with Crippen LogP contribution in [0.3, 0.4) is 0 Å². The summed E-state index contributed by atoms with van der Waals surface area (Å²) < 4.78 is 40.9. The van der Waals surface area contributed by atoms with Crippen molar-refractivity contribution in [2.75, 3.05) is 6.54 Å². The van der Waals surface area contributed by atoms with E-state index in [2.05, 4.69) is 5.32 Å². The van der Waals surface area contributed by atoms with Gasteiger partial charge in [0, 0.05) is 24.4 Å². The molecule has 1 aromatic rings. The van der Waals surface area contributed by atoms with Gasteiger partial charge in [-0.05, 0) is 44.7 Å². The summed E-state index contributed by atoms with van der Waals surface area (Å²) in [5.41, 5.74) is 1.62. The molecule has 4 heteroatoms. The van der Waals surface area contributed by atoms with Gasteiger partial charge in [0.2, 0.25) is 5.92 Å². The average molecular weight is 299 g/mol. The van der Waals surface area contributed by atoms with Crippen molar-refractivity contribution >= 4 is 0 Å². The fourth-order valence-electron chi connectivity index (χ4n) is 3.13. The maximum Gasteiger partial charge on any atom is 0.248 e. The van der Waals surface area contributed by atoms with Crippen LogP contribution in [0.1, 0.15) is 56.2 Å². The van der Waals surface area contributed by atoms with Crippen molar-refractivity contribution in [3.63, 3.8) is 0 Å². The Morgan fingerprint density at radius 1 is 1.29 bits per heavy atom.